The van der Waals surface area contributed by atoms with Crippen molar-refractivity contribution in [1.29, 1.82) is 0 Å². The minimum atomic E-state index is -2.28. The molecule has 0 aromatic heterocycles. The van der Waals surface area contributed by atoms with E-state index >= 15 is 0 Å². The number of nitrogens with one attached hydrogen (secondary N) is 1. The van der Waals surface area contributed by atoms with E-state index in [-0.39, 0.29) is 6.10 Å². The lowest BCUT2D eigenvalue weighted by Crippen LogP contribution is -2.63. The van der Waals surface area contributed by atoms with Crippen LogP contribution in [0.15, 0.2) is 0 Å². The quantitative estimate of drug-likeness (QED) is 0.396. The molecule has 0 spiro atoms. The van der Waals surface area contributed by atoms with Crippen LogP contribution < -0.4 is 5.32 Å². The predicted octanol–water partition coefficient (Wildman–Crippen LogP) is -3.69. The fourth-order valence-corrected chi connectivity index (χ4v) is 1.14. The molecule has 8 heteroatoms. The third kappa shape index (κ3) is 3.05. The van der Waals surface area contributed by atoms with Crippen LogP contribution in [0.3, 0.4) is 0 Å². The molecule has 68 valence electrons. The highest BCUT2D eigenvalue weighted by Crippen LogP contribution is 2.19. The van der Waals surface area contributed by atoms with Gasteiger partial charge in [0.15, 0.2) is 0 Å². The summed E-state index contributed by atoms with van der Waals surface area (Å²) in [5.41, 5.74) is 0. The molecule has 1 rings (SSSR count). The fourth-order valence-electron chi connectivity index (χ4n) is 1.14. The highest BCUT2D eigenvalue weighted by molar-refractivity contribution is 6.44. The van der Waals surface area contributed by atoms with Crippen molar-refractivity contribution in [3.63, 3.8) is 0 Å². The van der Waals surface area contributed by atoms with Crippen molar-refractivity contribution in [2.24, 2.45) is 0 Å². The van der Waals surface area contributed by atoms with E-state index in [1.807, 2.05) is 0 Å². The standard InChI is InChI=1S/C6H9B4NO3/c7-5(8,12)4(6(9,10)13)14-3-1-11-2-3/h3-4,11-13H,1-2H2. The van der Waals surface area contributed by atoms with Crippen LogP contribution in [0, 0.1) is 0 Å². The molecule has 0 aromatic rings. The Bertz CT molecular complexity index is 184. The van der Waals surface area contributed by atoms with Crippen LogP contribution in [0.25, 0.3) is 0 Å². The summed E-state index contributed by atoms with van der Waals surface area (Å²) < 4.78 is 5.15. The van der Waals surface area contributed by atoms with E-state index in [1.165, 1.54) is 0 Å². The summed E-state index contributed by atoms with van der Waals surface area (Å²) in [7, 11) is 20.6. The van der Waals surface area contributed by atoms with Crippen molar-refractivity contribution in [2.75, 3.05) is 13.1 Å². The Hall–Kier alpha value is 0.0997. The number of hydrogen-bond acceptors (Lipinski definition) is 4. The molecule has 1 aliphatic rings. The van der Waals surface area contributed by atoms with E-state index in [4.69, 9.17) is 36.1 Å². The lowest BCUT2D eigenvalue weighted by Gasteiger charge is -2.44. The molecule has 1 fully saturated rings. The molecule has 1 saturated heterocycles. The van der Waals surface area contributed by atoms with Gasteiger partial charge in [0.1, 0.15) is 31.4 Å². The molecular formula is C6H9B4NO3. The summed E-state index contributed by atoms with van der Waals surface area (Å²) in [6.07, 6.45) is -1.67. The molecule has 0 aliphatic carbocycles. The second-order valence-electron chi connectivity index (χ2n) is 3.57. The summed E-state index contributed by atoms with van der Waals surface area (Å²) in [6.45, 7) is 1.14. The van der Waals surface area contributed by atoms with Crippen molar-refractivity contribution in [1.82, 2.24) is 5.32 Å². The van der Waals surface area contributed by atoms with Gasteiger partial charge < -0.3 is 20.3 Å². The van der Waals surface area contributed by atoms with Gasteiger partial charge in [0.2, 0.25) is 0 Å². The maximum atomic E-state index is 9.27. The first-order valence-electron chi connectivity index (χ1n) is 4.17. The second-order valence-corrected chi connectivity index (χ2v) is 3.57. The van der Waals surface area contributed by atoms with E-state index in [0.717, 1.165) is 0 Å². The monoisotopic (exact) mass is 187 g/mol. The molecule has 0 bridgehead atoms. The lowest BCUT2D eigenvalue weighted by atomic mass is 9.49. The van der Waals surface area contributed by atoms with Crippen molar-refractivity contribution in [2.45, 2.75) is 23.0 Å². The third-order valence-electron chi connectivity index (χ3n) is 1.91. The highest BCUT2D eigenvalue weighted by atomic mass is 16.5. The molecule has 0 amide bonds. The largest absolute Gasteiger partial charge is 0.406 e. The molecule has 1 heterocycles. The van der Waals surface area contributed by atoms with Crippen molar-refractivity contribution in [3.8, 4) is 0 Å². The molecule has 0 aromatic carbocycles. The molecular weight excluding hydrogens is 177 g/mol. The fraction of sp³-hybridized carbons (Fsp3) is 1.00. The van der Waals surface area contributed by atoms with Gasteiger partial charge >= 0.3 is 0 Å². The van der Waals surface area contributed by atoms with E-state index in [1.54, 1.807) is 0 Å². The Balaban J connectivity index is 2.61. The minimum Gasteiger partial charge on any atom is -0.406 e. The van der Waals surface area contributed by atoms with Crippen molar-refractivity contribution >= 4 is 31.4 Å². The molecule has 0 unspecified atom stereocenters. The highest BCUT2D eigenvalue weighted by Gasteiger charge is 2.39. The van der Waals surface area contributed by atoms with Gasteiger partial charge in [-0.3, -0.25) is 0 Å². The normalized spacial score (nSPS) is 19.6. The van der Waals surface area contributed by atoms with Crippen LogP contribution in [-0.2, 0) is 4.74 Å². The second kappa shape index (κ2) is 3.93. The minimum absolute atomic E-state index is 0.211. The number of hydrogen-bond donors (Lipinski definition) is 3. The van der Waals surface area contributed by atoms with Gasteiger partial charge in [-0.25, -0.2) is 0 Å². The zero-order valence-electron chi connectivity index (χ0n) is 7.68. The summed E-state index contributed by atoms with van der Waals surface area (Å²) in [5, 5.41) is 16.9. The van der Waals surface area contributed by atoms with E-state index < -0.39 is 16.9 Å². The Morgan fingerprint density at radius 1 is 1.14 bits per heavy atom. The smallest absolute Gasteiger partial charge is 0.103 e. The molecule has 8 radical (unpaired) electrons. The van der Waals surface area contributed by atoms with Crippen LogP contribution in [0.1, 0.15) is 0 Å². The van der Waals surface area contributed by atoms with Crippen molar-refractivity contribution in [3.05, 3.63) is 0 Å². The van der Waals surface area contributed by atoms with Crippen LogP contribution in [0.5, 0.6) is 0 Å². The first-order valence-corrected chi connectivity index (χ1v) is 4.17. The van der Waals surface area contributed by atoms with Crippen LogP contribution in [-0.4, -0.2) is 77.7 Å². The third-order valence-corrected chi connectivity index (χ3v) is 1.91. The van der Waals surface area contributed by atoms with Gasteiger partial charge in [-0.15, -0.1) is 0 Å². The van der Waals surface area contributed by atoms with Crippen LogP contribution >= 0.6 is 0 Å². The zero-order valence-corrected chi connectivity index (χ0v) is 7.68. The van der Waals surface area contributed by atoms with E-state index in [9.17, 15) is 10.2 Å². The molecule has 0 saturated carbocycles. The molecule has 1 aliphatic heterocycles. The Labute approximate surface area is 88.4 Å². The average Bonchev–Trinajstić information content (AvgIpc) is 1.76. The van der Waals surface area contributed by atoms with Gasteiger partial charge in [-0.2, -0.15) is 0 Å². The lowest BCUT2D eigenvalue weighted by molar-refractivity contribution is -0.124. The van der Waals surface area contributed by atoms with Gasteiger partial charge in [-0.1, -0.05) is 0 Å². The maximum Gasteiger partial charge on any atom is 0.103 e. The molecule has 4 nitrogen and oxygen atoms in total. The average molecular weight is 186 g/mol. The molecule has 0 atom stereocenters. The van der Waals surface area contributed by atoms with Crippen LogP contribution in [0.2, 0.25) is 0 Å². The first-order chi connectivity index (χ1) is 6.21. The van der Waals surface area contributed by atoms with Gasteiger partial charge in [0, 0.05) is 23.9 Å². The van der Waals surface area contributed by atoms with Crippen molar-refractivity contribution < 1.29 is 14.9 Å². The SMILES string of the molecule is [B]C([B])(O)C(OC1CNC1)C([B])([B])O. The van der Waals surface area contributed by atoms with E-state index in [2.05, 4.69) is 5.32 Å². The summed E-state index contributed by atoms with van der Waals surface area (Å²) in [6, 6.07) is 0. The summed E-state index contributed by atoms with van der Waals surface area (Å²) >= 11 is 0. The molecule has 3 N–H and O–H groups in total. The predicted molar refractivity (Wildman–Crippen MR) is 54.4 cm³/mol. The van der Waals surface area contributed by atoms with Crippen LogP contribution in [0.4, 0.5) is 0 Å². The first kappa shape index (κ1) is 12.2. The summed E-state index contributed by atoms with van der Waals surface area (Å²) in [4.78, 5) is 0. The van der Waals surface area contributed by atoms with Gasteiger partial charge in [0.25, 0.3) is 0 Å². The topological polar surface area (TPSA) is 61.7 Å². The Morgan fingerprint density at radius 2 is 1.57 bits per heavy atom. The van der Waals surface area contributed by atoms with E-state index in [0.29, 0.717) is 13.1 Å². The Kier molecular flexibility index (Phi) is 3.41. The van der Waals surface area contributed by atoms with Gasteiger partial charge in [-0.05, 0) is 0 Å². The maximum absolute atomic E-state index is 9.27. The molecule has 14 heavy (non-hydrogen) atoms. The van der Waals surface area contributed by atoms with Gasteiger partial charge in [0.05, 0.1) is 12.2 Å². The number of aliphatic hydroxyl groups is 2. The zero-order chi connectivity index (χ0) is 11.0. The number of ether oxygens (including phenoxy) is 1. The number of rotatable bonds is 4. The summed E-state index contributed by atoms with van der Waals surface area (Å²) in [5.74, 6) is 0. The Morgan fingerprint density at radius 3 is 1.79 bits per heavy atom.